The Labute approximate surface area is 181 Å². The molecule has 170 valence electrons. The Balaban J connectivity index is 2.42. The Hall–Kier alpha value is -3.94. The highest BCUT2D eigenvalue weighted by atomic mass is 19.4. The standard InChI is InChI=1S/C21H20F3N3O5/c1-30-16-7-15(8-17(31-2)19(16)32-11-18(26)28)20(29)27(12-21(22,23)24)10-14-5-3-13(9-25)4-6-14/h3-8H,10-12H2,1-2H3,(H2,26,28). The van der Waals surface area contributed by atoms with Crippen LogP contribution in [0.2, 0.25) is 0 Å². The molecule has 0 aliphatic heterocycles. The predicted molar refractivity (Wildman–Crippen MR) is 106 cm³/mol. The average molecular weight is 451 g/mol. The van der Waals surface area contributed by atoms with Crippen molar-refractivity contribution in [2.24, 2.45) is 5.73 Å². The molecular weight excluding hydrogens is 431 g/mol. The lowest BCUT2D eigenvalue weighted by atomic mass is 10.1. The zero-order chi connectivity index (χ0) is 23.9. The van der Waals surface area contributed by atoms with Gasteiger partial charge >= 0.3 is 6.18 Å². The molecule has 32 heavy (non-hydrogen) atoms. The number of carbonyl (C=O) groups is 2. The van der Waals surface area contributed by atoms with E-state index in [1.165, 1.54) is 50.6 Å². The number of nitriles is 1. The summed E-state index contributed by atoms with van der Waals surface area (Å²) in [5.41, 5.74) is 5.65. The number of hydrogen-bond acceptors (Lipinski definition) is 6. The number of carbonyl (C=O) groups excluding carboxylic acids is 2. The summed E-state index contributed by atoms with van der Waals surface area (Å²) in [5.74, 6) is -1.80. The van der Waals surface area contributed by atoms with E-state index in [0.717, 1.165) is 0 Å². The maximum absolute atomic E-state index is 13.2. The maximum Gasteiger partial charge on any atom is 0.406 e. The summed E-state index contributed by atoms with van der Waals surface area (Å²) in [6.45, 7) is -2.36. The highest BCUT2D eigenvalue weighted by molar-refractivity contribution is 5.95. The highest BCUT2D eigenvalue weighted by Gasteiger charge is 2.34. The fourth-order valence-corrected chi connectivity index (χ4v) is 2.79. The van der Waals surface area contributed by atoms with Crippen molar-refractivity contribution in [1.29, 1.82) is 5.26 Å². The topological polar surface area (TPSA) is 115 Å². The molecule has 2 aromatic carbocycles. The van der Waals surface area contributed by atoms with E-state index < -0.39 is 31.1 Å². The lowest BCUT2D eigenvalue weighted by Gasteiger charge is -2.25. The maximum atomic E-state index is 13.2. The van der Waals surface area contributed by atoms with Crippen LogP contribution in [-0.2, 0) is 11.3 Å². The largest absolute Gasteiger partial charge is 0.493 e. The van der Waals surface area contributed by atoms with Crippen LogP contribution in [0.15, 0.2) is 36.4 Å². The molecule has 0 radical (unpaired) electrons. The van der Waals surface area contributed by atoms with Crippen molar-refractivity contribution in [3.05, 3.63) is 53.1 Å². The van der Waals surface area contributed by atoms with E-state index in [4.69, 9.17) is 25.2 Å². The number of methoxy groups -OCH3 is 2. The van der Waals surface area contributed by atoms with E-state index in [2.05, 4.69) is 0 Å². The van der Waals surface area contributed by atoms with Crippen LogP contribution in [-0.4, -0.2) is 50.3 Å². The Morgan fingerprint density at radius 2 is 1.66 bits per heavy atom. The zero-order valence-electron chi connectivity index (χ0n) is 17.2. The lowest BCUT2D eigenvalue weighted by Crippen LogP contribution is -2.38. The second-order valence-corrected chi connectivity index (χ2v) is 6.55. The van der Waals surface area contributed by atoms with Gasteiger partial charge in [0.15, 0.2) is 18.1 Å². The van der Waals surface area contributed by atoms with Gasteiger partial charge in [-0.15, -0.1) is 0 Å². The summed E-state index contributed by atoms with van der Waals surface area (Å²) in [7, 11) is 2.51. The van der Waals surface area contributed by atoms with Crippen LogP contribution in [0.3, 0.4) is 0 Å². The number of nitrogens with zero attached hydrogens (tertiary/aromatic N) is 2. The van der Waals surface area contributed by atoms with Crippen molar-refractivity contribution >= 4 is 11.8 Å². The molecular formula is C21H20F3N3O5. The smallest absolute Gasteiger partial charge is 0.406 e. The fourth-order valence-electron chi connectivity index (χ4n) is 2.79. The van der Waals surface area contributed by atoms with Crippen LogP contribution in [0.5, 0.6) is 17.2 Å². The average Bonchev–Trinajstić information content (AvgIpc) is 2.75. The first-order valence-corrected chi connectivity index (χ1v) is 9.10. The third kappa shape index (κ3) is 6.53. The van der Waals surface area contributed by atoms with Crippen molar-refractivity contribution in [3.63, 3.8) is 0 Å². The van der Waals surface area contributed by atoms with Gasteiger partial charge in [0.05, 0.1) is 25.9 Å². The van der Waals surface area contributed by atoms with E-state index in [9.17, 15) is 22.8 Å². The molecule has 2 N–H and O–H groups in total. The monoisotopic (exact) mass is 451 g/mol. The number of halogens is 3. The number of amides is 2. The zero-order valence-corrected chi connectivity index (χ0v) is 17.2. The fraction of sp³-hybridized carbons (Fsp3) is 0.286. The van der Waals surface area contributed by atoms with Gasteiger partial charge in [-0.3, -0.25) is 9.59 Å². The van der Waals surface area contributed by atoms with Crippen LogP contribution in [0, 0.1) is 11.3 Å². The molecule has 0 spiro atoms. The van der Waals surface area contributed by atoms with Crippen molar-refractivity contribution < 1.29 is 37.0 Å². The van der Waals surface area contributed by atoms with Gasteiger partial charge in [-0.1, -0.05) is 12.1 Å². The molecule has 0 saturated heterocycles. The van der Waals surface area contributed by atoms with Crippen LogP contribution < -0.4 is 19.9 Å². The number of primary amides is 1. The van der Waals surface area contributed by atoms with Gasteiger partial charge in [0, 0.05) is 12.1 Å². The molecule has 2 aromatic rings. The molecule has 0 heterocycles. The van der Waals surface area contributed by atoms with Crippen molar-refractivity contribution in [2.75, 3.05) is 27.4 Å². The molecule has 0 saturated carbocycles. The van der Waals surface area contributed by atoms with E-state index >= 15 is 0 Å². The number of rotatable bonds is 9. The predicted octanol–water partition coefficient (Wildman–Crippen LogP) is 2.64. The molecule has 0 bridgehead atoms. The molecule has 0 aliphatic rings. The van der Waals surface area contributed by atoms with Gasteiger partial charge < -0.3 is 24.8 Å². The Morgan fingerprint density at radius 3 is 2.09 bits per heavy atom. The highest BCUT2D eigenvalue weighted by Crippen LogP contribution is 2.39. The Kier molecular flexibility index (Phi) is 7.90. The number of nitrogens with two attached hydrogens (primary N) is 1. The molecule has 8 nitrogen and oxygen atoms in total. The summed E-state index contributed by atoms with van der Waals surface area (Å²) < 4.78 is 55.1. The van der Waals surface area contributed by atoms with Gasteiger partial charge in [0.25, 0.3) is 11.8 Å². The van der Waals surface area contributed by atoms with Crippen LogP contribution in [0.4, 0.5) is 13.2 Å². The summed E-state index contributed by atoms with van der Waals surface area (Å²) in [4.78, 5) is 24.6. The quantitative estimate of drug-likeness (QED) is 0.627. The SMILES string of the molecule is COc1cc(C(=O)N(Cc2ccc(C#N)cc2)CC(F)(F)F)cc(OC)c1OCC(N)=O. The summed E-state index contributed by atoms with van der Waals surface area (Å²) >= 11 is 0. The minimum absolute atomic E-state index is 0.0280. The number of benzene rings is 2. The number of hydrogen-bond donors (Lipinski definition) is 1. The molecule has 0 unspecified atom stereocenters. The van der Waals surface area contributed by atoms with Gasteiger partial charge in [0.2, 0.25) is 5.75 Å². The van der Waals surface area contributed by atoms with Crippen molar-refractivity contribution in [2.45, 2.75) is 12.7 Å². The van der Waals surface area contributed by atoms with Gasteiger partial charge in [-0.2, -0.15) is 18.4 Å². The Bertz CT molecular complexity index is 992. The summed E-state index contributed by atoms with van der Waals surface area (Å²) in [6.07, 6.45) is -4.65. The second-order valence-electron chi connectivity index (χ2n) is 6.55. The normalized spacial score (nSPS) is 10.8. The Morgan fingerprint density at radius 1 is 1.09 bits per heavy atom. The molecule has 0 fully saturated rings. The van der Waals surface area contributed by atoms with Crippen LogP contribution in [0.25, 0.3) is 0 Å². The van der Waals surface area contributed by atoms with Crippen LogP contribution >= 0.6 is 0 Å². The van der Waals surface area contributed by atoms with E-state index in [1.54, 1.807) is 0 Å². The summed E-state index contributed by atoms with van der Waals surface area (Å²) in [6, 6.07) is 10.1. The second kappa shape index (κ2) is 10.4. The number of alkyl halides is 3. The lowest BCUT2D eigenvalue weighted by molar-refractivity contribution is -0.141. The third-order valence-electron chi connectivity index (χ3n) is 4.18. The molecule has 2 amide bonds. The summed E-state index contributed by atoms with van der Waals surface area (Å²) in [5, 5.41) is 8.87. The first kappa shape index (κ1) is 24.3. The van der Waals surface area contributed by atoms with Gasteiger partial charge in [-0.25, -0.2) is 0 Å². The van der Waals surface area contributed by atoms with Gasteiger partial charge in [-0.05, 0) is 29.8 Å². The molecule has 11 heteroatoms. The minimum Gasteiger partial charge on any atom is -0.493 e. The van der Waals surface area contributed by atoms with Gasteiger partial charge in [0.1, 0.15) is 6.54 Å². The molecule has 2 rings (SSSR count). The van der Waals surface area contributed by atoms with Crippen molar-refractivity contribution in [1.82, 2.24) is 4.90 Å². The third-order valence-corrected chi connectivity index (χ3v) is 4.18. The van der Waals surface area contributed by atoms with Crippen molar-refractivity contribution in [3.8, 4) is 23.3 Å². The van der Waals surface area contributed by atoms with Crippen LogP contribution in [0.1, 0.15) is 21.5 Å². The van der Waals surface area contributed by atoms with E-state index in [0.29, 0.717) is 16.0 Å². The minimum atomic E-state index is -4.65. The van der Waals surface area contributed by atoms with E-state index in [1.807, 2.05) is 6.07 Å². The first-order valence-electron chi connectivity index (χ1n) is 9.10. The number of ether oxygens (including phenoxy) is 3. The van der Waals surface area contributed by atoms with E-state index in [-0.39, 0.29) is 29.4 Å². The molecule has 0 atom stereocenters. The first-order chi connectivity index (χ1) is 15.1. The molecule has 0 aromatic heterocycles. The molecule has 0 aliphatic carbocycles.